The van der Waals surface area contributed by atoms with Crippen LogP contribution in [0, 0.1) is 0 Å². The molecule has 1 unspecified atom stereocenters. The minimum Gasteiger partial charge on any atom is -0.493 e. The Balaban J connectivity index is 1.69. The average Bonchev–Trinajstić information content (AvgIpc) is 2.96. The first-order valence-corrected chi connectivity index (χ1v) is 8.07. The summed E-state index contributed by atoms with van der Waals surface area (Å²) in [5, 5.41) is 2.94. The van der Waals surface area contributed by atoms with Crippen molar-refractivity contribution in [2.75, 3.05) is 18.1 Å². The lowest BCUT2D eigenvalue weighted by Crippen LogP contribution is -2.37. The summed E-state index contributed by atoms with van der Waals surface area (Å²) in [6.45, 7) is 2.85. The van der Waals surface area contributed by atoms with Gasteiger partial charge >= 0.3 is 0 Å². The van der Waals surface area contributed by atoms with Crippen LogP contribution < -0.4 is 15.0 Å². The van der Waals surface area contributed by atoms with E-state index in [0.717, 1.165) is 5.69 Å². The fraction of sp³-hybridized carbons (Fsp3) is 0.263. The van der Waals surface area contributed by atoms with E-state index in [4.69, 9.17) is 4.74 Å². The number of para-hydroxylation sites is 2. The zero-order valence-corrected chi connectivity index (χ0v) is 13.6. The van der Waals surface area contributed by atoms with Gasteiger partial charge < -0.3 is 15.0 Å². The quantitative estimate of drug-likeness (QED) is 0.920. The van der Waals surface area contributed by atoms with Gasteiger partial charge in [0.05, 0.1) is 18.2 Å². The third kappa shape index (κ3) is 3.40. The number of anilines is 1. The molecule has 0 radical (unpaired) electrons. The van der Waals surface area contributed by atoms with Crippen LogP contribution in [0.15, 0.2) is 54.6 Å². The van der Waals surface area contributed by atoms with Crippen molar-refractivity contribution in [1.82, 2.24) is 5.32 Å². The van der Waals surface area contributed by atoms with Gasteiger partial charge in [0.15, 0.2) is 0 Å². The van der Waals surface area contributed by atoms with Crippen molar-refractivity contribution >= 4 is 17.5 Å². The molecule has 124 valence electrons. The number of carbonyl (C=O) groups is 2. The highest BCUT2D eigenvalue weighted by Crippen LogP contribution is 2.22. The molecule has 2 aromatic carbocycles. The first-order chi connectivity index (χ1) is 11.7. The molecule has 2 amide bonds. The second-order valence-electron chi connectivity index (χ2n) is 5.64. The number of nitrogens with zero attached hydrogens (tertiary/aromatic N) is 1. The van der Waals surface area contributed by atoms with Gasteiger partial charge in [-0.2, -0.15) is 0 Å². The topological polar surface area (TPSA) is 58.6 Å². The van der Waals surface area contributed by atoms with Gasteiger partial charge in [0.1, 0.15) is 5.75 Å². The number of hydrogen-bond acceptors (Lipinski definition) is 3. The van der Waals surface area contributed by atoms with Crippen LogP contribution in [0.4, 0.5) is 5.69 Å². The molecule has 1 heterocycles. The number of amides is 2. The Hall–Kier alpha value is -2.82. The van der Waals surface area contributed by atoms with Gasteiger partial charge in [0.25, 0.3) is 5.91 Å². The minimum absolute atomic E-state index is 0.0181. The molecule has 1 aliphatic rings. The van der Waals surface area contributed by atoms with E-state index in [-0.39, 0.29) is 17.9 Å². The second kappa shape index (κ2) is 7.17. The number of nitrogens with one attached hydrogen (secondary N) is 1. The lowest BCUT2D eigenvalue weighted by atomic mass is 10.1. The maximum absolute atomic E-state index is 12.5. The summed E-state index contributed by atoms with van der Waals surface area (Å²) in [4.78, 5) is 26.5. The molecule has 24 heavy (non-hydrogen) atoms. The van der Waals surface area contributed by atoms with Crippen molar-refractivity contribution in [2.24, 2.45) is 0 Å². The summed E-state index contributed by atoms with van der Waals surface area (Å²) in [7, 11) is 0. The van der Waals surface area contributed by atoms with E-state index in [1.54, 1.807) is 23.1 Å². The van der Waals surface area contributed by atoms with E-state index in [1.165, 1.54) is 0 Å². The highest BCUT2D eigenvalue weighted by atomic mass is 16.5. The molecular weight excluding hydrogens is 304 g/mol. The van der Waals surface area contributed by atoms with E-state index in [1.807, 2.05) is 43.3 Å². The molecule has 0 saturated carbocycles. The summed E-state index contributed by atoms with van der Waals surface area (Å²) in [5.74, 6) is 0.359. The van der Waals surface area contributed by atoms with Crippen LogP contribution in [0.1, 0.15) is 23.7 Å². The Kier molecular flexibility index (Phi) is 4.79. The van der Waals surface area contributed by atoms with Crippen LogP contribution in [0.3, 0.4) is 0 Å². The highest BCUT2D eigenvalue weighted by Gasteiger charge is 2.32. The van der Waals surface area contributed by atoms with E-state index >= 15 is 0 Å². The molecule has 5 heteroatoms. The normalized spacial score (nSPS) is 17.0. The number of benzene rings is 2. The number of hydrogen-bond donors (Lipinski definition) is 1. The molecular formula is C19H20N2O3. The molecule has 1 N–H and O–H groups in total. The summed E-state index contributed by atoms with van der Waals surface area (Å²) < 4.78 is 5.50. The van der Waals surface area contributed by atoms with Crippen molar-refractivity contribution < 1.29 is 14.3 Å². The second-order valence-corrected chi connectivity index (χ2v) is 5.64. The summed E-state index contributed by atoms with van der Waals surface area (Å²) >= 11 is 0. The molecule has 1 fully saturated rings. The van der Waals surface area contributed by atoms with E-state index in [9.17, 15) is 9.59 Å². The highest BCUT2D eigenvalue weighted by molar-refractivity contribution is 6.00. The monoisotopic (exact) mass is 324 g/mol. The SMILES string of the molecule is CCOc1ccccc1C(=O)NC1CC(=O)N(c2ccccc2)C1. The van der Waals surface area contributed by atoms with Crippen LogP contribution in [0.2, 0.25) is 0 Å². The molecule has 0 aromatic heterocycles. The van der Waals surface area contributed by atoms with E-state index in [0.29, 0.717) is 30.9 Å². The van der Waals surface area contributed by atoms with Crippen molar-refractivity contribution in [1.29, 1.82) is 0 Å². The lowest BCUT2D eigenvalue weighted by Gasteiger charge is -2.17. The van der Waals surface area contributed by atoms with Gasteiger partial charge in [-0.25, -0.2) is 0 Å². The van der Waals surface area contributed by atoms with Crippen molar-refractivity contribution in [3.05, 3.63) is 60.2 Å². The lowest BCUT2D eigenvalue weighted by molar-refractivity contribution is -0.117. The zero-order valence-electron chi connectivity index (χ0n) is 13.6. The van der Waals surface area contributed by atoms with Crippen LogP contribution >= 0.6 is 0 Å². The Morgan fingerprint density at radius 2 is 1.88 bits per heavy atom. The smallest absolute Gasteiger partial charge is 0.255 e. The van der Waals surface area contributed by atoms with Gasteiger partial charge in [0, 0.05) is 18.7 Å². The average molecular weight is 324 g/mol. The predicted octanol–water partition coefficient (Wildman–Crippen LogP) is 2.62. The molecule has 3 rings (SSSR count). The molecule has 1 aliphatic heterocycles. The number of rotatable bonds is 5. The molecule has 2 aromatic rings. The number of ether oxygens (including phenoxy) is 1. The van der Waals surface area contributed by atoms with Gasteiger partial charge in [-0.1, -0.05) is 30.3 Å². The molecule has 0 spiro atoms. The maximum atomic E-state index is 12.5. The minimum atomic E-state index is -0.216. The van der Waals surface area contributed by atoms with Crippen molar-refractivity contribution in [3.8, 4) is 5.75 Å². The first kappa shape index (κ1) is 16.1. The Morgan fingerprint density at radius 1 is 1.17 bits per heavy atom. The molecule has 1 saturated heterocycles. The van der Waals surface area contributed by atoms with Gasteiger partial charge in [-0.15, -0.1) is 0 Å². The molecule has 0 bridgehead atoms. The fourth-order valence-electron chi connectivity index (χ4n) is 2.86. The van der Waals surface area contributed by atoms with E-state index in [2.05, 4.69) is 5.32 Å². The summed E-state index contributed by atoms with van der Waals surface area (Å²) in [5.41, 5.74) is 1.35. The van der Waals surface area contributed by atoms with Gasteiger partial charge in [-0.3, -0.25) is 9.59 Å². The summed E-state index contributed by atoms with van der Waals surface area (Å²) in [6.07, 6.45) is 0.303. The molecule has 1 atom stereocenters. The van der Waals surface area contributed by atoms with Crippen LogP contribution in [-0.2, 0) is 4.79 Å². The largest absolute Gasteiger partial charge is 0.493 e. The summed E-state index contributed by atoms with van der Waals surface area (Å²) in [6, 6.07) is 16.4. The Morgan fingerprint density at radius 3 is 2.62 bits per heavy atom. The number of carbonyl (C=O) groups excluding carboxylic acids is 2. The molecule has 5 nitrogen and oxygen atoms in total. The van der Waals surface area contributed by atoms with E-state index < -0.39 is 0 Å². The molecule has 0 aliphatic carbocycles. The Labute approximate surface area is 141 Å². The standard InChI is InChI=1S/C19H20N2O3/c1-2-24-17-11-7-6-10-16(17)19(23)20-14-12-18(22)21(13-14)15-8-4-3-5-9-15/h3-11,14H,2,12-13H2,1H3,(H,20,23). The third-order valence-corrected chi connectivity index (χ3v) is 3.96. The predicted molar refractivity (Wildman–Crippen MR) is 92.3 cm³/mol. The first-order valence-electron chi connectivity index (χ1n) is 8.07. The third-order valence-electron chi connectivity index (χ3n) is 3.96. The van der Waals surface area contributed by atoms with Gasteiger partial charge in [-0.05, 0) is 31.2 Å². The van der Waals surface area contributed by atoms with Crippen LogP contribution in [0.5, 0.6) is 5.75 Å². The van der Waals surface area contributed by atoms with Crippen molar-refractivity contribution in [3.63, 3.8) is 0 Å². The van der Waals surface area contributed by atoms with Gasteiger partial charge in [0.2, 0.25) is 5.91 Å². The van der Waals surface area contributed by atoms with Crippen LogP contribution in [-0.4, -0.2) is 31.0 Å². The Bertz CT molecular complexity index is 730. The van der Waals surface area contributed by atoms with Crippen LogP contribution in [0.25, 0.3) is 0 Å². The maximum Gasteiger partial charge on any atom is 0.255 e. The fourth-order valence-corrected chi connectivity index (χ4v) is 2.86. The van der Waals surface area contributed by atoms with Crippen molar-refractivity contribution in [2.45, 2.75) is 19.4 Å². The zero-order chi connectivity index (χ0) is 16.9.